The van der Waals surface area contributed by atoms with Gasteiger partial charge < -0.3 is 4.74 Å². The van der Waals surface area contributed by atoms with Gasteiger partial charge in [-0.25, -0.2) is 0 Å². The molecule has 0 bridgehead atoms. The predicted octanol–water partition coefficient (Wildman–Crippen LogP) is 6.11. The van der Waals surface area contributed by atoms with Crippen molar-refractivity contribution in [2.45, 2.75) is 41.2 Å². The van der Waals surface area contributed by atoms with Crippen molar-refractivity contribution < 1.29 is 9.53 Å². The fourth-order valence-corrected chi connectivity index (χ4v) is 2.89. The molecule has 0 N–H and O–H groups in total. The van der Waals surface area contributed by atoms with Crippen LogP contribution < -0.4 is 0 Å². The number of fused-ring (bicyclic) bond motifs is 2. The Labute approximate surface area is 149 Å². The SMILES string of the molecule is CC(C)(C)C(C)(C)C(=O)OCc1c2ccccc2cc2ccccc12. The Morgan fingerprint density at radius 2 is 1.32 bits per heavy atom. The first-order chi connectivity index (χ1) is 11.7. The molecule has 0 atom stereocenters. The molecule has 0 saturated heterocycles. The number of benzene rings is 3. The summed E-state index contributed by atoms with van der Waals surface area (Å²) in [5, 5.41) is 4.62. The summed E-state index contributed by atoms with van der Waals surface area (Å²) >= 11 is 0. The van der Waals surface area contributed by atoms with E-state index in [4.69, 9.17) is 4.74 Å². The Morgan fingerprint density at radius 3 is 1.80 bits per heavy atom. The average Bonchev–Trinajstić information content (AvgIpc) is 2.57. The van der Waals surface area contributed by atoms with E-state index in [9.17, 15) is 4.79 Å². The first kappa shape index (κ1) is 17.5. The van der Waals surface area contributed by atoms with E-state index < -0.39 is 5.41 Å². The number of carbonyl (C=O) groups excluding carboxylic acids is 1. The second-order valence-corrected chi connectivity index (χ2v) is 8.25. The van der Waals surface area contributed by atoms with E-state index in [-0.39, 0.29) is 11.4 Å². The van der Waals surface area contributed by atoms with Crippen molar-refractivity contribution in [3.05, 3.63) is 60.2 Å². The quantitative estimate of drug-likeness (QED) is 0.427. The van der Waals surface area contributed by atoms with Gasteiger partial charge in [0.1, 0.15) is 6.61 Å². The van der Waals surface area contributed by atoms with Gasteiger partial charge in [0.15, 0.2) is 0 Å². The molecular formula is C23H26O2. The van der Waals surface area contributed by atoms with Crippen LogP contribution in [0.3, 0.4) is 0 Å². The molecule has 3 rings (SSSR count). The molecule has 0 heterocycles. The monoisotopic (exact) mass is 334 g/mol. The van der Waals surface area contributed by atoms with Crippen LogP contribution in [0.1, 0.15) is 40.2 Å². The standard InChI is InChI=1S/C23H26O2/c1-22(2,3)23(4,5)21(24)25-15-20-18-12-8-6-10-16(18)14-17-11-7-9-13-19(17)20/h6-14H,15H2,1-5H3. The Balaban J connectivity index is 2.02. The maximum absolute atomic E-state index is 12.7. The van der Waals surface area contributed by atoms with Gasteiger partial charge in [0, 0.05) is 5.56 Å². The third kappa shape index (κ3) is 3.13. The highest BCUT2D eigenvalue weighted by Crippen LogP contribution is 2.39. The highest BCUT2D eigenvalue weighted by Gasteiger charge is 2.41. The smallest absolute Gasteiger partial charge is 0.312 e. The van der Waals surface area contributed by atoms with Gasteiger partial charge >= 0.3 is 5.97 Å². The minimum atomic E-state index is -0.548. The third-order valence-electron chi connectivity index (χ3n) is 5.62. The molecule has 0 aromatic heterocycles. The zero-order valence-corrected chi connectivity index (χ0v) is 15.7. The molecule has 3 aromatic carbocycles. The lowest BCUT2D eigenvalue weighted by atomic mass is 9.69. The summed E-state index contributed by atoms with van der Waals surface area (Å²) < 4.78 is 5.80. The van der Waals surface area contributed by atoms with Crippen LogP contribution in [0, 0.1) is 10.8 Å². The highest BCUT2D eigenvalue weighted by atomic mass is 16.5. The average molecular weight is 334 g/mol. The maximum Gasteiger partial charge on any atom is 0.312 e. The summed E-state index contributed by atoms with van der Waals surface area (Å²) in [5.74, 6) is -0.156. The van der Waals surface area contributed by atoms with Crippen LogP contribution in [0.15, 0.2) is 54.6 Å². The molecule has 0 amide bonds. The number of hydrogen-bond donors (Lipinski definition) is 0. The summed E-state index contributed by atoms with van der Waals surface area (Å²) in [6, 6.07) is 18.7. The van der Waals surface area contributed by atoms with E-state index in [1.165, 1.54) is 10.8 Å². The second kappa shape index (κ2) is 6.18. The molecule has 0 unspecified atom stereocenters. The Hall–Kier alpha value is -2.35. The van der Waals surface area contributed by atoms with Crippen molar-refractivity contribution in [3.63, 3.8) is 0 Å². The molecule has 0 aliphatic rings. The fourth-order valence-electron chi connectivity index (χ4n) is 2.89. The summed E-state index contributed by atoms with van der Waals surface area (Å²) in [6.07, 6.45) is 0. The lowest BCUT2D eigenvalue weighted by molar-refractivity contribution is -0.161. The zero-order valence-electron chi connectivity index (χ0n) is 15.7. The van der Waals surface area contributed by atoms with E-state index in [2.05, 4.69) is 51.1 Å². The topological polar surface area (TPSA) is 26.3 Å². The van der Waals surface area contributed by atoms with Gasteiger partial charge in [-0.15, -0.1) is 0 Å². The van der Waals surface area contributed by atoms with Crippen molar-refractivity contribution in [1.82, 2.24) is 0 Å². The van der Waals surface area contributed by atoms with Crippen LogP contribution >= 0.6 is 0 Å². The van der Waals surface area contributed by atoms with Gasteiger partial charge in [0.2, 0.25) is 0 Å². The van der Waals surface area contributed by atoms with Gasteiger partial charge in [-0.1, -0.05) is 69.3 Å². The molecule has 0 fully saturated rings. The molecule has 0 aliphatic carbocycles. The molecule has 0 spiro atoms. The van der Waals surface area contributed by atoms with Crippen LogP contribution in [-0.4, -0.2) is 5.97 Å². The first-order valence-electron chi connectivity index (χ1n) is 8.78. The molecule has 2 nitrogen and oxygen atoms in total. The van der Waals surface area contributed by atoms with Crippen molar-refractivity contribution in [3.8, 4) is 0 Å². The molecule has 25 heavy (non-hydrogen) atoms. The summed E-state index contributed by atoms with van der Waals surface area (Å²) in [5.41, 5.74) is 0.366. The number of ether oxygens (including phenoxy) is 1. The zero-order chi connectivity index (χ0) is 18.2. The largest absolute Gasteiger partial charge is 0.460 e. The van der Waals surface area contributed by atoms with E-state index in [0.29, 0.717) is 6.61 Å². The summed E-state index contributed by atoms with van der Waals surface area (Å²) in [4.78, 5) is 12.7. The van der Waals surface area contributed by atoms with Crippen LogP contribution in [0.25, 0.3) is 21.5 Å². The van der Waals surface area contributed by atoms with Crippen LogP contribution in [0.4, 0.5) is 0 Å². The van der Waals surface area contributed by atoms with E-state index in [1.54, 1.807) is 0 Å². The van der Waals surface area contributed by atoms with Crippen molar-refractivity contribution >= 4 is 27.5 Å². The van der Waals surface area contributed by atoms with Crippen molar-refractivity contribution in [2.75, 3.05) is 0 Å². The van der Waals surface area contributed by atoms with E-state index in [1.807, 2.05) is 38.1 Å². The van der Waals surface area contributed by atoms with Crippen LogP contribution in [0.5, 0.6) is 0 Å². The number of carbonyl (C=O) groups is 1. The molecule has 0 radical (unpaired) electrons. The Kier molecular flexibility index (Phi) is 4.32. The molecular weight excluding hydrogens is 308 g/mol. The van der Waals surface area contributed by atoms with Crippen LogP contribution in [0.2, 0.25) is 0 Å². The molecule has 130 valence electrons. The van der Waals surface area contributed by atoms with Gasteiger partial charge in [-0.2, -0.15) is 0 Å². The van der Waals surface area contributed by atoms with Gasteiger partial charge in [0.05, 0.1) is 5.41 Å². The van der Waals surface area contributed by atoms with E-state index in [0.717, 1.165) is 16.3 Å². The minimum Gasteiger partial charge on any atom is -0.460 e. The second-order valence-electron chi connectivity index (χ2n) is 8.25. The lowest BCUT2D eigenvalue weighted by Crippen LogP contribution is -2.38. The molecule has 0 aliphatic heterocycles. The molecule has 2 heteroatoms. The maximum atomic E-state index is 12.7. The number of rotatable bonds is 3. The van der Waals surface area contributed by atoms with Gasteiger partial charge in [-0.05, 0) is 46.9 Å². The fraction of sp³-hybridized carbons (Fsp3) is 0.348. The van der Waals surface area contributed by atoms with E-state index >= 15 is 0 Å². The Morgan fingerprint density at radius 1 is 0.840 bits per heavy atom. The van der Waals surface area contributed by atoms with Gasteiger partial charge in [0.25, 0.3) is 0 Å². The normalized spacial score (nSPS) is 12.5. The summed E-state index contributed by atoms with van der Waals surface area (Å²) in [7, 11) is 0. The van der Waals surface area contributed by atoms with Gasteiger partial charge in [-0.3, -0.25) is 4.79 Å². The predicted molar refractivity (Wildman–Crippen MR) is 104 cm³/mol. The third-order valence-corrected chi connectivity index (χ3v) is 5.62. The Bertz CT molecular complexity index is 876. The number of hydrogen-bond acceptors (Lipinski definition) is 2. The lowest BCUT2D eigenvalue weighted by Gasteiger charge is -2.36. The van der Waals surface area contributed by atoms with Crippen molar-refractivity contribution in [2.24, 2.45) is 10.8 Å². The van der Waals surface area contributed by atoms with Crippen LogP contribution in [-0.2, 0) is 16.1 Å². The summed E-state index contributed by atoms with van der Waals surface area (Å²) in [6.45, 7) is 10.4. The molecule has 0 saturated carbocycles. The molecule has 3 aromatic rings. The minimum absolute atomic E-state index is 0.156. The first-order valence-corrected chi connectivity index (χ1v) is 8.78. The van der Waals surface area contributed by atoms with Crippen molar-refractivity contribution in [1.29, 1.82) is 0 Å². The highest BCUT2D eigenvalue weighted by molar-refractivity contribution is 6.02. The number of esters is 1.